The number of ether oxygens (including phenoxy) is 4. The van der Waals surface area contributed by atoms with Crippen LogP contribution < -0.4 is 0 Å². The summed E-state index contributed by atoms with van der Waals surface area (Å²) in [5.74, 6) is 1.02. The molecule has 0 saturated carbocycles. The van der Waals surface area contributed by atoms with E-state index in [4.69, 9.17) is 18.9 Å². The van der Waals surface area contributed by atoms with Crippen LogP contribution in [-0.4, -0.2) is 50.0 Å². The molecule has 0 aromatic carbocycles. The molecule has 0 aromatic rings. The molecule has 2 saturated heterocycles. The number of carbonyl (C=O) groups is 1. The van der Waals surface area contributed by atoms with E-state index in [2.05, 4.69) is 20.8 Å². The number of methoxy groups -OCH3 is 2. The Morgan fingerprint density at radius 1 is 1.41 bits per heavy atom. The number of hydrogen-bond donors (Lipinski definition) is 0. The molecule has 0 bridgehead atoms. The van der Waals surface area contributed by atoms with Gasteiger partial charge in [0.1, 0.15) is 17.5 Å². The molecule has 3 aliphatic rings. The van der Waals surface area contributed by atoms with Crippen molar-refractivity contribution in [3.05, 3.63) is 11.8 Å². The van der Waals surface area contributed by atoms with Gasteiger partial charge in [-0.05, 0) is 25.7 Å². The van der Waals surface area contributed by atoms with E-state index in [9.17, 15) is 4.79 Å². The first kappa shape index (κ1) is 16.0. The minimum atomic E-state index is -0.551. The molecule has 2 aliphatic heterocycles. The SMILES string of the molecule is COC1=CC(=O)[C@@H](OC)[C@H](C2(C)O[C@@H]2CCC(C)C)[C@@]12CO2. The van der Waals surface area contributed by atoms with Crippen molar-refractivity contribution in [3.63, 3.8) is 0 Å². The summed E-state index contributed by atoms with van der Waals surface area (Å²) in [6.45, 7) is 7.04. The van der Waals surface area contributed by atoms with Crippen molar-refractivity contribution < 1.29 is 23.7 Å². The van der Waals surface area contributed by atoms with Gasteiger partial charge >= 0.3 is 0 Å². The third-order valence-corrected chi connectivity index (χ3v) is 5.31. The highest BCUT2D eigenvalue weighted by Crippen LogP contribution is 2.59. The first-order valence-electron chi connectivity index (χ1n) is 8.03. The predicted octanol–water partition coefficient (Wildman–Crippen LogP) is 2.09. The lowest BCUT2D eigenvalue weighted by molar-refractivity contribution is -0.134. The number of rotatable bonds is 6. The Balaban J connectivity index is 1.85. The first-order valence-corrected chi connectivity index (χ1v) is 8.03. The van der Waals surface area contributed by atoms with Crippen LogP contribution in [0, 0.1) is 11.8 Å². The van der Waals surface area contributed by atoms with Gasteiger partial charge < -0.3 is 18.9 Å². The largest absolute Gasteiger partial charge is 0.498 e. The smallest absolute Gasteiger partial charge is 0.188 e. The van der Waals surface area contributed by atoms with Crippen LogP contribution in [-0.2, 0) is 23.7 Å². The predicted molar refractivity (Wildman–Crippen MR) is 80.4 cm³/mol. The van der Waals surface area contributed by atoms with E-state index in [0.29, 0.717) is 18.3 Å². The normalized spacial score (nSPS) is 43.5. The van der Waals surface area contributed by atoms with Gasteiger partial charge in [-0.3, -0.25) is 4.79 Å². The number of carbonyl (C=O) groups excluding carboxylic acids is 1. The summed E-state index contributed by atoms with van der Waals surface area (Å²) in [4.78, 5) is 12.4. The van der Waals surface area contributed by atoms with Gasteiger partial charge in [0.25, 0.3) is 0 Å². The Bertz CT molecular complexity index is 493. The van der Waals surface area contributed by atoms with Crippen LogP contribution in [0.5, 0.6) is 0 Å². The van der Waals surface area contributed by atoms with E-state index in [1.54, 1.807) is 14.2 Å². The highest BCUT2D eigenvalue weighted by atomic mass is 16.6. The van der Waals surface area contributed by atoms with Crippen LogP contribution in [0.3, 0.4) is 0 Å². The minimum absolute atomic E-state index is 0.0650. The highest BCUT2D eigenvalue weighted by molar-refractivity contribution is 5.96. The van der Waals surface area contributed by atoms with Crippen molar-refractivity contribution in [2.75, 3.05) is 20.8 Å². The van der Waals surface area contributed by atoms with E-state index in [1.165, 1.54) is 6.08 Å². The standard InChI is InChI=1S/C17H26O5/c1-10(2)6-7-12-16(3,22-12)15-14(20-5)11(18)8-13(19-4)17(15)9-21-17/h8,10,12,14-15H,6-7,9H2,1-5H3/t12-,14-,15-,16?,17-/m1/s1. The third kappa shape index (κ3) is 2.30. The molecule has 3 rings (SSSR count). The zero-order valence-electron chi connectivity index (χ0n) is 14.0. The van der Waals surface area contributed by atoms with Gasteiger partial charge in [0.05, 0.1) is 25.7 Å². The highest BCUT2D eigenvalue weighted by Gasteiger charge is 2.73. The Kier molecular flexibility index (Phi) is 3.86. The van der Waals surface area contributed by atoms with E-state index in [1.807, 2.05) is 0 Å². The molecule has 2 heterocycles. The molecular formula is C17H26O5. The lowest BCUT2D eigenvalue weighted by Gasteiger charge is -2.36. The van der Waals surface area contributed by atoms with Gasteiger partial charge in [0.2, 0.25) is 0 Å². The Labute approximate surface area is 131 Å². The van der Waals surface area contributed by atoms with Crippen LogP contribution in [0.2, 0.25) is 0 Å². The molecule has 0 N–H and O–H groups in total. The molecule has 5 atom stereocenters. The van der Waals surface area contributed by atoms with Gasteiger partial charge in [0, 0.05) is 13.2 Å². The van der Waals surface area contributed by atoms with Gasteiger partial charge in [-0.2, -0.15) is 0 Å². The molecule has 1 spiro atoms. The summed E-state index contributed by atoms with van der Waals surface area (Å²) < 4.78 is 22.8. The quantitative estimate of drug-likeness (QED) is 0.703. The summed E-state index contributed by atoms with van der Waals surface area (Å²) in [6, 6.07) is 0. The lowest BCUT2D eigenvalue weighted by atomic mass is 9.70. The van der Waals surface area contributed by atoms with E-state index in [-0.39, 0.29) is 23.4 Å². The summed E-state index contributed by atoms with van der Waals surface area (Å²) in [6.07, 6.45) is 3.25. The van der Waals surface area contributed by atoms with Gasteiger partial charge in [-0.1, -0.05) is 13.8 Å². The third-order valence-electron chi connectivity index (χ3n) is 5.31. The van der Waals surface area contributed by atoms with Crippen molar-refractivity contribution in [1.82, 2.24) is 0 Å². The summed E-state index contributed by atoms with van der Waals surface area (Å²) in [5, 5.41) is 0. The summed E-state index contributed by atoms with van der Waals surface area (Å²) >= 11 is 0. The Hall–Kier alpha value is -0.910. The molecule has 124 valence electrons. The van der Waals surface area contributed by atoms with Crippen molar-refractivity contribution >= 4 is 5.78 Å². The van der Waals surface area contributed by atoms with E-state index >= 15 is 0 Å². The summed E-state index contributed by atoms with van der Waals surface area (Å²) in [7, 11) is 3.16. The second-order valence-electron chi connectivity index (χ2n) is 7.19. The van der Waals surface area contributed by atoms with Crippen molar-refractivity contribution in [2.24, 2.45) is 11.8 Å². The van der Waals surface area contributed by atoms with Crippen molar-refractivity contribution in [2.45, 2.75) is 57.0 Å². The average Bonchev–Trinajstić information content (AvgIpc) is 3.37. The van der Waals surface area contributed by atoms with Crippen molar-refractivity contribution in [1.29, 1.82) is 0 Å². The Morgan fingerprint density at radius 3 is 2.59 bits per heavy atom. The number of epoxide rings is 2. The van der Waals surface area contributed by atoms with Crippen LogP contribution in [0.25, 0.3) is 0 Å². The summed E-state index contributed by atoms with van der Waals surface area (Å²) in [5.41, 5.74) is -0.940. The molecule has 1 unspecified atom stereocenters. The molecule has 0 aromatic heterocycles. The number of ketones is 1. The zero-order valence-corrected chi connectivity index (χ0v) is 14.0. The van der Waals surface area contributed by atoms with Crippen LogP contribution in [0.1, 0.15) is 33.6 Å². The van der Waals surface area contributed by atoms with Crippen LogP contribution in [0.4, 0.5) is 0 Å². The molecule has 0 radical (unpaired) electrons. The van der Waals surface area contributed by atoms with Gasteiger partial charge in [0.15, 0.2) is 11.4 Å². The average molecular weight is 310 g/mol. The molecule has 1 aliphatic carbocycles. The lowest BCUT2D eigenvalue weighted by Crippen LogP contribution is -2.53. The number of hydrogen-bond acceptors (Lipinski definition) is 5. The second-order valence-corrected chi connectivity index (χ2v) is 7.19. The Morgan fingerprint density at radius 2 is 2.09 bits per heavy atom. The fourth-order valence-corrected chi connectivity index (χ4v) is 3.92. The van der Waals surface area contributed by atoms with E-state index in [0.717, 1.165) is 12.8 Å². The molecule has 0 amide bonds. The maximum Gasteiger partial charge on any atom is 0.188 e. The molecule has 22 heavy (non-hydrogen) atoms. The minimum Gasteiger partial charge on any atom is -0.498 e. The fraction of sp³-hybridized carbons (Fsp3) is 0.824. The topological polar surface area (TPSA) is 60.6 Å². The van der Waals surface area contributed by atoms with Gasteiger partial charge in [-0.25, -0.2) is 0 Å². The maximum absolute atomic E-state index is 12.4. The first-order chi connectivity index (χ1) is 10.4. The van der Waals surface area contributed by atoms with Crippen LogP contribution >= 0.6 is 0 Å². The van der Waals surface area contributed by atoms with Gasteiger partial charge in [-0.15, -0.1) is 0 Å². The van der Waals surface area contributed by atoms with E-state index < -0.39 is 11.7 Å². The molecule has 5 heteroatoms. The maximum atomic E-state index is 12.4. The molecule has 5 nitrogen and oxygen atoms in total. The molecule has 2 fully saturated rings. The monoisotopic (exact) mass is 310 g/mol. The molecular weight excluding hydrogens is 284 g/mol. The van der Waals surface area contributed by atoms with Crippen LogP contribution in [0.15, 0.2) is 11.8 Å². The fourth-order valence-electron chi connectivity index (χ4n) is 3.92. The second kappa shape index (κ2) is 5.32. The zero-order chi connectivity index (χ0) is 16.1. The van der Waals surface area contributed by atoms with Crippen molar-refractivity contribution in [3.8, 4) is 0 Å².